The Kier molecular flexibility index (Phi) is 7.58. The monoisotopic (exact) mass is 523 g/mol. The van der Waals surface area contributed by atoms with E-state index >= 15 is 0 Å². The number of anilines is 2. The molecule has 1 aliphatic rings. The van der Waals surface area contributed by atoms with Gasteiger partial charge in [0.1, 0.15) is 0 Å². The highest BCUT2D eigenvalue weighted by Crippen LogP contribution is 2.29. The van der Waals surface area contributed by atoms with Crippen molar-refractivity contribution in [3.05, 3.63) is 52.0 Å². The van der Waals surface area contributed by atoms with Crippen LogP contribution in [-0.4, -0.2) is 58.4 Å². The van der Waals surface area contributed by atoms with Crippen molar-refractivity contribution < 1.29 is 22.7 Å². The van der Waals surface area contributed by atoms with Crippen LogP contribution in [0, 0.1) is 6.92 Å². The van der Waals surface area contributed by atoms with Crippen molar-refractivity contribution in [3.63, 3.8) is 0 Å². The maximum Gasteiger partial charge on any atom is 0.340 e. The van der Waals surface area contributed by atoms with Crippen LogP contribution in [0.15, 0.2) is 45.8 Å². The molecule has 0 saturated carbocycles. The van der Waals surface area contributed by atoms with E-state index in [4.69, 9.17) is 4.74 Å². The molecular weight excluding hydrogens is 498 g/mol. The maximum atomic E-state index is 12.9. The molecule has 0 aliphatic carbocycles. The molecule has 0 spiro atoms. The first-order chi connectivity index (χ1) is 15.1. The number of carbonyl (C=O) groups excluding carboxylic acids is 2. The number of nitrogens with one attached hydrogen (secondary N) is 1. The standard InChI is InChI=1S/C22H26BrN3O5S/c1-15-6-8-19(18(23)12-15)24-21(27)14-31-22(28)17-13-16(32(29,30)25(2)3)7-9-20(17)26-10-4-5-11-26/h6-9,12-13H,4-5,10-11,14H2,1-3H3,(H,24,27). The van der Waals surface area contributed by atoms with E-state index < -0.39 is 28.5 Å². The summed E-state index contributed by atoms with van der Waals surface area (Å²) in [7, 11) is -0.879. The third-order valence-corrected chi connectivity index (χ3v) is 7.61. The van der Waals surface area contributed by atoms with Crippen LogP contribution in [0.5, 0.6) is 0 Å². The number of carbonyl (C=O) groups is 2. The van der Waals surface area contributed by atoms with Gasteiger partial charge in [-0.1, -0.05) is 6.07 Å². The predicted octanol–water partition coefficient (Wildman–Crippen LogP) is 3.40. The lowest BCUT2D eigenvalue weighted by atomic mass is 10.1. The van der Waals surface area contributed by atoms with Crippen LogP contribution >= 0.6 is 15.9 Å². The van der Waals surface area contributed by atoms with Crippen molar-refractivity contribution in [3.8, 4) is 0 Å². The van der Waals surface area contributed by atoms with Gasteiger partial charge >= 0.3 is 5.97 Å². The number of halogens is 1. The predicted molar refractivity (Wildman–Crippen MR) is 127 cm³/mol. The van der Waals surface area contributed by atoms with Gasteiger partial charge in [-0.05, 0) is 71.6 Å². The Balaban J connectivity index is 1.79. The third-order valence-electron chi connectivity index (χ3n) is 5.15. The number of ether oxygens (including phenoxy) is 1. The zero-order valence-electron chi connectivity index (χ0n) is 18.2. The Morgan fingerprint density at radius 2 is 1.81 bits per heavy atom. The summed E-state index contributed by atoms with van der Waals surface area (Å²) in [5.41, 5.74) is 2.32. The van der Waals surface area contributed by atoms with Crippen molar-refractivity contribution in [2.75, 3.05) is 44.0 Å². The lowest BCUT2D eigenvalue weighted by molar-refractivity contribution is -0.119. The van der Waals surface area contributed by atoms with Crippen LogP contribution in [0.2, 0.25) is 0 Å². The molecule has 0 aromatic heterocycles. The number of hydrogen-bond donors (Lipinski definition) is 1. The average molecular weight is 524 g/mol. The van der Waals surface area contributed by atoms with E-state index in [1.54, 1.807) is 12.1 Å². The molecule has 1 fully saturated rings. The van der Waals surface area contributed by atoms with E-state index in [0.717, 1.165) is 40.3 Å². The topological polar surface area (TPSA) is 96.0 Å². The fourth-order valence-electron chi connectivity index (χ4n) is 3.40. The van der Waals surface area contributed by atoms with E-state index in [9.17, 15) is 18.0 Å². The van der Waals surface area contributed by atoms with Gasteiger partial charge in [0.2, 0.25) is 10.0 Å². The fourth-order valence-corrected chi connectivity index (χ4v) is 4.92. The van der Waals surface area contributed by atoms with Crippen molar-refractivity contribution in [2.45, 2.75) is 24.7 Å². The molecule has 1 heterocycles. The van der Waals surface area contributed by atoms with E-state index in [0.29, 0.717) is 11.4 Å². The Bertz CT molecular complexity index is 1130. The minimum atomic E-state index is -3.73. The number of rotatable bonds is 7. The van der Waals surface area contributed by atoms with Crippen LogP contribution in [0.1, 0.15) is 28.8 Å². The van der Waals surface area contributed by atoms with Gasteiger partial charge in [-0.15, -0.1) is 0 Å². The molecule has 0 radical (unpaired) electrons. The van der Waals surface area contributed by atoms with Crippen LogP contribution in [0.3, 0.4) is 0 Å². The number of aryl methyl sites for hydroxylation is 1. The average Bonchev–Trinajstić information content (AvgIpc) is 3.28. The van der Waals surface area contributed by atoms with Crippen LogP contribution in [0.25, 0.3) is 0 Å². The molecule has 10 heteroatoms. The summed E-state index contributed by atoms with van der Waals surface area (Å²) >= 11 is 3.39. The molecule has 0 unspecified atom stereocenters. The molecule has 0 bridgehead atoms. The highest BCUT2D eigenvalue weighted by atomic mass is 79.9. The molecule has 172 valence electrons. The minimum Gasteiger partial charge on any atom is -0.452 e. The van der Waals surface area contributed by atoms with Gasteiger partial charge in [-0.2, -0.15) is 0 Å². The molecular formula is C22H26BrN3O5S. The van der Waals surface area contributed by atoms with Crippen molar-refractivity contribution in [2.24, 2.45) is 0 Å². The summed E-state index contributed by atoms with van der Waals surface area (Å²) in [6, 6.07) is 9.90. The first kappa shape index (κ1) is 24.2. The number of nitrogens with zero attached hydrogens (tertiary/aromatic N) is 2. The first-order valence-electron chi connectivity index (χ1n) is 10.1. The second-order valence-corrected chi connectivity index (χ2v) is 10.8. The number of sulfonamides is 1. The molecule has 3 rings (SSSR count). The van der Waals surface area contributed by atoms with Gasteiger partial charge < -0.3 is 15.0 Å². The Morgan fingerprint density at radius 1 is 1.12 bits per heavy atom. The van der Waals surface area contributed by atoms with E-state index in [2.05, 4.69) is 21.2 Å². The lowest BCUT2D eigenvalue weighted by Gasteiger charge is -2.22. The third kappa shape index (κ3) is 5.48. The Hall–Kier alpha value is -2.43. The van der Waals surface area contributed by atoms with Crippen LogP contribution in [-0.2, 0) is 19.6 Å². The summed E-state index contributed by atoms with van der Waals surface area (Å²) in [4.78, 5) is 27.2. The number of amides is 1. The molecule has 1 saturated heterocycles. The van der Waals surface area contributed by atoms with Crippen molar-refractivity contribution in [1.82, 2.24) is 4.31 Å². The van der Waals surface area contributed by atoms with Gasteiger partial charge in [0.05, 0.1) is 21.8 Å². The quantitative estimate of drug-likeness (QED) is 0.558. The smallest absolute Gasteiger partial charge is 0.340 e. The molecule has 0 atom stereocenters. The zero-order chi connectivity index (χ0) is 23.5. The number of benzene rings is 2. The Labute approximate surface area is 196 Å². The SMILES string of the molecule is Cc1ccc(NC(=O)COC(=O)c2cc(S(=O)(=O)N(C)C)ccc2N2CCCC2)c(Br)c1. The number of esters is 1. The second kappa shape index (κ2) is 10.0. The highest BCUT2D eigenvalue weighted by Gasteiger charge is 2.25. The number of hydrogen-bond acceptors (Lipinski definition) is 6. The van der Waals surface area contributed by atoms with E-state index in [-0.39, 0.29) is 10.5 Å². The maximum absolute atomic E-state index is 12.9. The van der Waals surface area contributed by atoms with E-state index in [1.165, 1.54) is 26.2 Å². The summed E-state index contributed by atoms with van der Waals surface area (Å²) < 4.78 is 32.2. The first-order valence-corrected chi connectivity index (χ1v) is 12.4. The summed E-state index contributed by atoms with van der Waals surface area (Å²) in [6.45, 7) is 2.97. The minimum absolute atomic E-state index is 0.00886. The lowest BCUT2D eigenvalue weighted by Crippen LogP contribution is -2.26. The zero-order valence-corrected chi connectivity index (χ0v) is 20.6. The summed E-state index contributed by atoms with van der Waals surface area (Å²) in [5.74, 6) is -1.25. The molecule has 32 heavy (non-hydrogen) atoms. The van der Waals surface area contributed by atoms with E-state index in [1.807, 2.05) is 24.0 Å². The fraction of sp³-hybridized carbons (Fsp3) is 0.364. The van der Waals surface area contributed by atoms with Crippen LogP contribution in [0.4, 0.5) is 11.4 Å². The molecule has 1 aliphatic heterocycles. The molecule has 2 aromatic rings. The van der Waals surface area contributed by atoms with Gasteiger partial charge in [0.25, 0.3) is 5.91 Å². The summed E-state index contributed by atoms with van der Waals surface area (Å²) in [5, 5.41) is 2.69. The van der Waals surface area contributed by atoms with Gasteiger partial charge in [0, 0.05) is 31.7 Å². The molecule has 8 nitrogen and oxygen atoms in total. The summed E-state index contributed by atoms with van der Waals surface area (Å²) in [6.07, 6.45) is 1.97. The van der Waals surface area contributed by atoms with Crippen molar-refractivity contribution >= 4 is 49.2 Å². The van der Waals surface area contributed by atoms with Crippen LogP contribution < -0.4 is 10.2 Å². The second-order valence-electron chi connectivity index (χ2n) is 7.77. The molecule has 1 N–H and O–H groups in total. The van der Waals surface area contributed by atoms with Gasteiger partial charge in [0.15, 0.2) is 6.61 Å². The van der Waals surface area contributed by atoms with Gasteiger partial charge in [-0.3, -0.25) is 4.79 Å². The highest BCUT2D eigenvalue weighted by molar-refractivity contribution is 9.10. The normalized spacial score (nSPS) is 14.0. The Morgan fingerprint density at radius 3 is 2.44 bits per heavy atom. The largest absolute Gasteiger partial charge is 0.452 e. The molecule has 2 aromatic carbocycles. The van der Waals surface area contributed by atoms with Gasteiger partial charge in [-0.25, -0.2) is 17.5 Å². The van der Waals surface area contributed by atoms with Crippen molar-refractivity contribution in [1.29, 1.82) is 0 Å². The molecule has 1 amide bonds.